The number of hydrogen-bond acceptors (Lipinski definition) is 6. The van der Waals surface area contributed by atoms with E-state index in [1.54, 1.807) is 36.5 Å². The van der Waals surface area contributed by atoms with Gasteiger partial charge in [-0.3, -0.25) is 9.59 Å². The lowest BCUT2D eigenvalue weighted by molar-refractivity contribution is -0.131. The van der Waals surface area contributed by atoms with Crippen LogP contribution in [0.2, 0.25) is 10.0 Å². The lowest BCUT2D eigenvalue weighted by Gasteiger charge is -2.15. The summed E-state index contributed by atoms with van der Waals surface area (Å²) in [5.41, 5.74) is 2.52. The summed E-state index contributed by atoms with van der Waals surface area (Å²) < 4.78 is 1.80. The van der Waals surface area contributed by atoms with Gasteiger partial charge < -0.3 is 15.5 Å². The summed E-state index contributed by atoms with van der Waals surface area (Å²) in [6, 6.07) is 8.56. The Hall–Kier alpha value is -2.95. The predicted octanol–water partition coefficient (Wildman–Crippen LogP) is 4.67. The number of aromatic nitrogens is 3. The first-order valence-corrected chi connectivity index (χ1v) is 12.4. The molecule has 3 heterocycles. The lowest BCUT2D eigenvalue weighted by atomic mass is 9.99. The average Bonchev–Trinajstić information content (AvgIpc) is 3.33. The molecule has 0 bridgehead atoms. The van der Waals surface area contributed by atoms with Crippen molar-refractivity contribution in [2.24, 2.45) is 5.16 Å². The molecule has 0 saturated heterocycles. The molecule has 1 atom stereocenters. The normalized spacial score (nSPS) is 17.0. The number of nitrogens with zero attached hydrogens (tertiary/aromatic N) is 4. The van der Waals surface area contributed by atoms with E-state index in [1.165, 1.54) is 4.68 Å². The topological polar surface area (TPSA) is 110 Å². The molecule has 2 N–H and O–H groups in total. The Morgan fingerprint density at radius 1 is 1.23 bits per heavy atom. The molecule has 1 fully saturated rings. The summed E-state index contributed by atoms with van der Waals surface area (Å²) in [6.45, 7) is 1.82. The molecule has 35 heavy (non-hydrogen) atoms. The molecule has 9 nitrogen and oxygen atoms in total. The molecule has 1 aliphatic carbocycles. The fourth-order valence-corrected chi connectivity index (χ4v) is 4.57. The van der Waals surface area contributed by atoms with Crippen molar-refractivity contribution in [1.82, 2.24) is 20.1 Å². The summed E-state index contributed by atoms with van der Waals surface area (Å²) in [5, 5.41) is 15.1. The molecule has 1 aromatic carbocycles. The van der Waals surface area contributed by atoms with E-state index >= 15 is 0 Å². The third-order valence-electron chi connectivity index (χ3n) is 5.59. The Labute approximate surface area is 219 Å². The highest BCUT2D eigenvalue weighted by Gasteiger charge is 2.34. The molecule has 2 aliphatic rings. The van der Waals surface area contributed by atoms with Crippen LogP contribution in [0.4, 0.5) is 5.69 Å². The Balaban J connectivity index is 1.44. The fraction of sp³-hybridized carbons (Fsp3) is 0.261. The quantitative estimate of drug-likeness (QED) is 0.442. The number of amides is 2. The van der Waals surface area contributed by atoms with E-state index < -0.39 is 12.0 Å². The van der Waals surface area contributed by atoms with Gasteiger partial charge in [-0.1, -0.05) is 28.4 Å². The first-order chi connectivity index (χ1) is 16.8. The van der Waals surface area contributed by atoms with Gasteiger partial charge in [0, 0.05) is 35.3 Å². The van der Waals surface area contributed by atoms with Gasteiger partial charge in [-0.2, -0.15) is 5.10 Å². The number of oxime groups is 1. The predicted molar refractivity (Wildman–Crippen MR) is 135 cm³/mol. The number of benzene rings is 1. The van der Waals surface area contributed by atoms with Crippen LogP contribution in [-0.2, 0) is 9.63 Å². The van der Waals surface area contributed by atoms with Crippen molar-refractivity contribution in [1.29, 1.82) is 0 Å². The third-order valence-corrected chi connectivity index (χ3v) is 6.49. The van der Waals surface area contributed by atoms with Gasteiger partial charge in [-0.05, 0) is 65.5 Å². The summed E-state index contributed by atoms with van der Waals surface area (Å²) in [4.78, 5) is 35.5. The van der Waals surface area contributed by atoms with E-state index in [1.807, 2.05) is 6.92 Å². The van der Waals surface area contributed by atoms with Gasteiger partial charge in [0.25, 0.3) is 11.8 Å². The number of pyridine rings is 1. The molecule has 1 aliphatic heterocycles. The van der Waals surface area contributed by atoms with Gasteiger partial charge in [0.1, 0.15) is 10.3 Å². The Bertz CT molecular complexity index is 1370. The van der Waals surface area contributed by atoms with Gasteiger partial charge in [-0.15, -0.1) is 0 Å². The zero-order valence-electron chi connectivity index (χ0n) is 18.4. The first-order valence-electron chi connectivity index (χ1n) is 10.8. The molecule has 3 aromatic rings. The van der Waals surface area contributed by atoms with Gasteiger partial charge in [0.2, 0.25) is 6.10 Å². The van der Waals surface area contributed by atoms with Crippen molar-refractivity contribution in [2.45, 2.75) is 38.3 Å². The zero-order chi connectivity index (χ0) is 24.7. The molecule has 5 rings (SSSR count). The van der Waals surface area contributed by atoms with Crippen LogP contribution in [0.25, 0.3) is 5.82 Å². The van der Waals surface area contributed by atoms with Crippen LogP contribution in [0, 0.1) is 6.92 Å². The van der Waals surface area contributed by atoms with E-state index in [-0.39, 0.29) is 24.1 Å². The Morgan fingerprint density at radius 2 is 2.03 bits per heavy atom. The van der Waals surface area contributed by atoms with E-state index in [9.17, 15) is 9.59 Å². The summed E-state index contributed by atoms with van der Waals surface area (Å²) in [5.74, 6) is -0.327. The van der Waals surface area contributed by atoms with Crippen molar-refractivity contribution < 1.29 is 14.4 Å². The highest BCUT2D eigenvalue weighted by Crippen LogP contribution is 2.31. The van der Waals surface area contributed by atoms with Crippen molar-refractivity contribution in [3.8, 4) is 5.82 Å². The molecule has 2 aromatic heterocycles. The maximum atomic E-state index is 13.4. The number of aryl methyl sites for hydroxylation is 1. The van der Waals surface area contributed by atoms with Crippen LogP contribution in [0.15, 0.2) is 46.3 Å². The highest BCUT2D eigenvalue weighted by molar-refractivity contribution is 9.10. The summed E-state index contributed by atoms with van der Waals surface area (Å²) in [6.07, 6.45) is 3.05. The molecule has 12 heteroatoms. The van der Waals surface area contributed by atoms with Gasteiger partial charge in [-0.25, -0.2) is 9.67 Å². The minimum atomic E-state index is -0.725. The van der Waals surface area contributed by atoms with Gasteiger partial charge >= 0.3 is 0 Å². The van der Waals surface area contributed by atoms with Crippen LogP contribution in [0.1, 0.15) is 40.9 Å². The van der Waals surface area contributed by atoms with Crippen molar-refractivity contribution in [3.63, 3.8) is 0 Å². The average molecular weight is 578 g/mol. The number of carbonyl (C=O) groups excluding carboxylic acids is 2. The van der Waals surface area contributed by atoms with Crippen LogP contribution in [0.5, 0.6) is 0 Å². The number of rotatable bonds is 6. The molecule has 0 radical (unpaired) electrons. The molecule has 1 unspecified atom stereocenters. The molecular weight excluding hydrogens is 559 g/mol. The SMILES string of the molecule is Cc1cc(Cl)cc(C2=NOC(C(=O)NC3CC3)C2)c1NC(=O)c1cc(Br)nn1-c1ncccc1Cl. The number of halogens is 3. The Kier molecular flexibility index (Phi) is 6.52. The highest BCUT2D eigenvalue weighted by atomic mass is 79.9. The summed E-state index contributed by atoms with van der Waals surface area (Å²) in [7, 11) is 0. The van der Waals surface area contributed by atoms with Gasteiger partial charge in [0.05, 0.1) is 16.4 Å². The molecule has 1 saturated carbocycles. The zero-order valence-corrected chi connectivity index (χ0v) is 21.5. The third kappa shape index (κ3) is 5.05. The smallest absolute Gasteiger partial charge is 0.274 e. The number of carbonyl (C=O) groups is 2. The van der Waals surface area contributed by atoms with Crippen molar-refractivity contribution in [2.75, 3.05) is 5.32 Å². The first kappa shape index (κ1) is 23.8. The Morgan fingerprint density at radius 3 is 2.77 bits per heavy atom. The second kappa shape index (κ2) is 9.60. The molecule has 0 spiro atoms. The minimum Gasteiger partial charge on any atom is -0.382 e. The van der Waals surface area contributed by atoms with Crippen LogP contribution in [-0.4, -0.2) is 44.4 Å². The minimum absolute atomic E-state index is 0.198. The second-order valence-corrected chi connectivity index (χ2v) is 9.95. The standard InChI is InChI=1S/C23H19BrCl2N6O3/c1-11-7-12(25)8-14(16-9-18(35-31-16)23(34)28-13-4-5-13)20(11)29-22(33)17-10-19(24)30-32(17)21-15(26)3-2-6-27-21/h2-3,6-8,10,13,18H,4-5,9H2,1H3,(H,28,34)(H,29,33). The van der Waals surface area contributed by atoms with E-state index in [4.69, 9.17) is 28.0 Å². The molecule has 180 valence electrons. The fourth-order valence-electron chi connectivity index (χ4n) is 3.72. The number of hydrogen-bond donors (Lipinski definition) is 2. The van der Waals surface area contributed by atoms with E-state index in [0.29, 0.717) is 37.4 Å². The van der Waals surface area contributed by atoms with Crippen molar-refractivity contribution >= 4 is 62.3 Å². The van der Waals surface area contributed by atoms with Crippen LogP contribution < -0.4 is 10.6 Å². The van der Waals surface area contributed by atoms with E-state index in [2.05, 4.69) is 41.8 Å². The van der Waals surface area contributed by atoms with Crippen molar-refractivity contribution in [3.05, 3.63) is 68.0 Å². The monoisotopic (exact) mass is 576 g/mol. The number of nitrogens with one attached hydrogen (secondary N) is 2. The largest absolute Gasteiger partial charge is 0.382 e. The maximum Gasteiger partial charge on any atom is 0.274 e. The van der Waals surface area contributed by atoms with Gasteiger partial charge in [0.15, 0.2) is 5.82 Å². The number of anilines is 1. The maximum absolute atomic E-state index is 13.4. The lowest BCUT2D eigenvalue weighted by Crippen LogP contribution is -2.36. The second-order valence-electron chi connectivity index (χ2n) is 8.29. The van der Waals surface area contributed by atoms with E-state index in [0.717, 1.165) is 18.4 Å². The molecular formula is C23H19BrCl2N6O3. The van der Waals surface area contributed by atoms with Crippen LogP contribution in [0.3, 0.4) is 0 Å². The summed E-state index contributed by atoms with van der Waals surface area (Å²) >= 11 is 15.9. The molecule has 2 amide bonds. The van der Waals surface area contributed by atoms with Crippen LogP contribution >= 0.6 is 39.1 Å².